The molecule has 0 amide bonds. The lowest BCUT2D eigenvalue weighted by Crippen LogP contribution is -1.99. The van der Waals surface area contributed by atoms with Gasteiger partial charge in [-0.05, 0) is 24.1 Å². The molecule has 0 fully saturated rings. The lowest BCUT2D eigenvalue weighted by atomic mass is 10.1. The van der Waals surface area contributed by atoms with Crippen LogP contribution in [0.2, 0.25) is 0 Å². The molecule has 1 aromatic heterocycles. The molecule has 2 aromatic rings. The summed E-state index contributed by atoms with van der Waals surface area (Å²) in [6, 6.07) is 6.26. The lowest BCUT2D eigenvalue weighted by Gasteiger charge is -2.04. The third-order valence-electron chi connectivity index (χ3n) is 3.05. The van der Waals surface area contributed by atoms with Crippen LogP contribution in [0.1, 0.15) is 37.6 Å². The van der Waals surface area contributed by atoms with E-state index in [-0.39, 0.29) is 0 Å². The van der Waals surface area contributed by atoms with Gasteiger partial charge < -0.3 is 9.36 Å². The van der Waals surface area contributed by atoms with Crippen molar-refractivity contribution in [1.82, 2.24) is 9.55 Å². The SMILES string of the molecule is CC(C)c1nc2cc(CCC=O)ccc2n1C. The van der Waals surface area contributed by atoms with Crippen LogP contribution >= 0.6 is 0 Å². The number of imidazole rings is 1. The Bertz CT molecular complexity index is 540. The summed E-state index contributed by atoms with van der Waals surface area (Å²) in [6.07, 6.45) is 2.34. The van der Waals surface area contributed by atoms with Crippen LogP contribution in [0.4, 0.5) is 0 Å². The third kappa shape index (κ3) is 2.23. The van der Waals surface area contributed by atoms with E-state index in [9.17, 15) is 4.79 Å². The number of nitrogens with zero attached hydrogens (tertiary/aromatic N) is 2. The maximum atomic E-state index is 10.4. The van der Waals surface area contributed by atoms with Gasteiger partial charge in [0, 0.05) is 19.4 Å². The van der Waals surface area contributed by atoms with E-state index in [0.717, 1.165) is 29.6 Å². The minimum atomic E-state index is 0.422. The Morgan fingerprint density at radius 3 is 2.82 bits per heavy atom. The molecule has 90 valence electrons. The quantitative estimate of drug-likeness (QED) is 0.757. The molecule has 0 unspecified atom stereocenters. The van der Waals surface area contributed by atoms with E-state index >= 15 is 0 Å². The monoisotopic (exact) mass is 230 g/mol. The predicted octanol–water partition coefficient (Wildman–Crippen LogP) is 2.83. The van der Waals surface area contributed by atoms with Crippen molar-refractivity contribution in [3.8, 4) is 0 Å². The van der Waals surface area contributed by atoms with E-state index in [4.69, 9.17) is 0 Å². The van der Waals surface area contributed by atoms with Gasteiger partial charge in [-0.1, -0.05) is 19.9 Å². The molecule has 0 spiro atoms. The second-order valence-electron chi connectivity index (χ2n) is 4.71. The van der Waals surface area contributed by atoms with E-state index in [1.54, 1.807) is 0 Å². The van der Waals surface area contributed by atoms with Gasteiger partial charge in [-0.15, -0.1) is 0 Å². The summed E-state index contributed by atoms with van der Waals surface area (Å²) in [4.78, 5) is 15.0. The number of carbonyl (C=O) groups excluding carboxylic acids is 1. The van der Waals surface area contributed by atoms with Gasteiger partial charge in [0.15, 0.2) is 0 Å². The number of aromatic nitrogens is 2. The Morgan fingerprint density at radius 2 is 2.18 bits per heavy atom. The van der Waals surface area contributed by atoms with Crippen molar-refractivity contribution in [3.05, 3.63) is 29.6 Å². The Morgan fingerprint density at radius 1 is 1.41 bits per heavy atom. The Labute approximate surface area is 101 Å². The van der Waals surface area contributed by atoms with Crippen molar-refractivity contribution >= 4 is 17.3 Å². The topological polar surface area (TPSA) is 34.9 Å². The molecule has 0 bridgehead atoms. The largest absolute Gasteiger partial charge is 0.331 e. The molecule has 0 aliphatic carbocycles. The number of rotatable bonds is 4. The normalized spacial score (nSPS) is 11.3. The summed E-state index contributed by atoms with van der Waals surface area (Å²) in [7, 11) is 2.05. The number of hydrogen-bond donors (Lipinski definition) is 0. The number of aldehydes is 1. The van der Waals surface area contributed by atoms with Crippen LogP contribution in [0, 0.1) is 0 Å². The number of fused-ring (bicyclic) bond motifs is 1. The summed E-state index contributed by atoms with van der Waals surface area (Å²) in [5.41, 5.74) is 3.36. The maximum Gasteiger partial charge on any atom is 0.120 e. The number of aryl methyl sites for hydroxylation is 2. The second kappa shape index (κ2) is 4.70. The Kier molecular flexibility index (Phi) is 3.27. The average molecular weight is 230 g/mol. The molecule has 0 atom stereocenters. The first-order valence-corrected chi connectivity index (χ1v) is 6.02. The third-order valence-corrected chi connectivity index (χ3v) is 3.05. The minimum Gasteiger partial charge on any atom is -0.331 e. The van der Waals surface area contributed by atoms with Gasteiger partial charge in [-0.2, -0.15) is 0 Å². The fourth-order valence-corrected chi connectivity index (χ4v) is 2.16. The van der Waals surface area contributed by atoms with Gasteiger partial charge in [0.05, 0.1) is 11.0 Å². The molecular weight excluding hydrogens is 212 g/mol. The van der Waals surface area contributed by atoms with Gasteiger partial charge in [0.1, 0.15) is 12.1 Å². The Balaban J connectivity index is 2.44. The van der Waals surface area contributed by atoms with Crippen LogP contribution in [0.5, 0.6) is 0 Å². The number of hydrogen-bond acceptors (Lipinski definition) is 2. The van der Waals surface area contributed by atoms with Crippen LogP contribution in [-0.4, -0.2) is 15.8 Å². The number of benzene rings is 1. The van der Waals surface area contributed by atoms with Crippen LogP contribution in [0.25, 0.3) is 11.0 Å². The molecular formula is C14H18N2O. The summed E-state index contributed by atoms with van der Waals surface area (Å²) >= 11 is 0. The van der Waals surface area contributed by atoms with Crippen molar-refractivity contribution in [2.45, 2.75) is 32.6 Å². The molecule has 0 aliphatic heterocycles. The second-order valence-corrected chi connectivity index (χ2v) is 4.71. The van der Waals surface area contributed by atoms with E-state index in [1.165, 1.54) is 5.56 Å². The van der Waals surface area contributed by atoms with Gasteiger partial charge in [-0.3, -0.25) is 0 Å². The molecule has 0 aliphatic rings. The van der Waals surface area contributed by atoms with Crippen LogP contribution in [0.3, 0.4) is 0 Å². The van der Waals surface area contributed by atoms with E-state index in [1.807, 2.05) is 0 Å². The van der Waals surface area contributed by atoms with Crippen LogP contribution < -0.4 is 0 Å². The number of carbonyl (C=O) groups is 1. The summed E-state index contributed by atoms with van der Waals surface area (Å²) in [5, 5.41) is 0. The molecule has 1 aromatic carbocycles. The summed E-state index contributed by atoms with van der Waals surface area (Å²) in [5.74, 6) is 1.53. The molecule has 2 rings (SSSR count). The molecule has 3 heteroatoms. The molecule has 0 radical (unpaired) electrons. The zero-order valence-corrected chi connectivity index (χ0v) is 10.6. The Hall–Kier alpha value is -1.64. The van der Waals surface area contributed by atoms with E-state index < -0.39 is 0 Å². The highest BCUT2D eigenvalue weighted by atomic mass is 16.1. The van der Waals surface area contributed by atoms with Gasteiger partial charge in [0.2, 0.25) is 0 Å². The van der Waals surface area contributed by atoms with Crippen molar-refractivity contribution in [3.63, 3.8) is 0 Å². The standard InChI is InChI=1S/C14H18N2O/c1-10(2)14-15-12-9-11(5-4-8-17)6-7-13(12)16(14)3/h6-10H,4-5H2,1-3H3. The first kappa shape index (κ1) is 11.8. The first-order valence-electron chi connectivity index (χ1n) is 6.02. The highest BCUT2D eigenvalue weighted by Crippen LogP contribution is 2.21. The minimum absolute atomic E-state index is 0.422. The van der Waals surface area contributed by atoms with Gasteiger partial charge >= 0.3 is 0 Å². The van der Waals surface area contributed by atoms with Crippen molar-refractivity contribution in [2.75, 3.05) is 0 Å². The van der Waals surface area contributed by atoms with Crippen LogP contribution in [-0.2, 0) is 18.3 Å². The smallest absolute Gasteiger partial charge is 0.120 e. The van der Waals surface area contributed by atoms with Crippen molar-refractivity contribution in [2.24, 2.45) is 7.05 Å². The molecule has 0 saturated heterocycles. The fraction of sp³-hybridized carbons (Fsp3) is 0.429. The fourth-order valence-electron chi connectivity index (χ4n) is 2.16. The molecule has 0 N–H and O–H groups in total. The highest BCUT2D eigenvalue weighted by Gasteiger charge is 2.10. The molecule has 0 saturated carbocycles. The zero-order valence-electron chi connectivity index (χ0n) is 10.6. The molecule has 3 nitrogen and oxygen atoms in total. The van der Waals surface area contributed by atoms with E-state index in [0.29, 0.717) is 12.3 Å². The van der Waals surface area contributed by atoms with E-state index in [2.05, 4.69) is 48.6 Å². The molecule has 1 heterocycles. The average Bonchev–Trinajstić information content (AvgIpc) is 2.64. The van der Waals surface area contributed by atoms with Crippen LogP contribution in [0.15, 0.2) is 18.2 Å². The first-order chi connectivity index (χ1) is 8.13. The summed E-state index contributed by atoms with van der Waals surface area (Å²) < 4.78 is 2.14. The van der Waals surface area contributed by atoms with Gasteiger partial charge in [0.25, 0.3) is 0 Å². The summed E-state index contributed by atoms with van der Waals surface area (Å²) in [6.45, 7) is 4.29. The van der Waals surface area contributed by atoms with Gasteiger partial charge in [-0.25, -0.2) is 4.98 Å². The highest BCUT2D eigenvalue weighted by molar-refractivity contribution is 5.77. The lowest BCUT2D eigenvalue weighted by molar-refractivity contribution is -0.107. The maximum absolute atomic E-state index is 10.4. The molecule has 17 heavy (non-hydrogen) atoms. The zero-order chi connectivity index (χ0) is 12.4. The van der Waals surface area contributed by atoms with Crippen molar-refractivity contribution in [1.29, 1.82) is 0 Å². The predicted molar refractivity (Wildman–Crippen MR) is 69.2 cm³/mol. The van der Waals surface area contributed by atoms with Crippen molar-refractivity contribution < 1.29 is 4.79 Å².